The van der Waals surface area contributed by atoms with E-state index in [-0.39, 0.29) is 5.56 Å². The minimum atomic E-state index is 0.136. The van der Waals surface area contributed by atoms with E-state index in [1.54, 1.807) is 4.68 Å². The van der Waals surface area contributed by atoms with Crippen molar-refractivity contribution < 1.29 is 0 Å². The van der Waals surface area contributed by atoms with Crippen LogP contribution in [-0.2, 0) is 13.0 Å². The van der Waals surface area contributed by atoms with Crippen molar-refractivity contribution in [3.8, 4) is 0 Å². The predicted octanol–water partition coefficient (Wildman–Crippen LogP) is 1.00. The summed E-state index contributed by atoms with van der Waals surface area (Å²) in [6.45, 7) is 1.67. The van der Waals surface area contributed by atoms with E-state index >= 15 is 0 Å². The van der Waals surface area contributed by atoms with E-state index in [4.69, 9.17) is 0 Å². The van der Waals surface area contributed by atoms with Gasteiger partial charge in [-0.15, -0.1) is 0 Å². The monoisotopic (exact) mass is 219 g/mol. The third kappa shape index (κ3) is 1.57. The van der Waals surface area contributed by atoms with E-state index < -0.39 is 0 Å². The van der Waals surface area contributed by atoms with Gasteiger partial charge in [-0.3, -0.25) is 4.79 Å². The third-order valence-electron chi connectivity index (χ3n) is 3.74. The maximum absolute atomic E-state index is 12.3. The van der Waals surface area contributed by atoms with E-state index in [0.717, 1.165) is 36.9 Å². The normalized spacial score (nSPS) is 21.0. The maximum Gasteiger partial charge on any atom is 0.271 e. The van der Waals surface area contributed by atoms with Crippen LogP contribution in [-0.4, -0.2) is 16.3 Å². The largest absolute Gasteiger partial charge is 0.312 e. The second-order valence-corrected chi connectivity index (χ2v) is 4.76. The summed E-state index contributed by atoms with van der Waals surface area (Å²) in [5.74, 6) is 0. The number of nitrogens with zero attached hydrogens (tertiary/aromatic N) is 2. The topological polar surface area (TPSA) is 46.9 Å². The van der Waals surface area contributed by atoms with E-state index in [2.05, 4.69) is 10.4 Å². The van der Waals surface area contributed by atoms with Crippen LogP contribution in [0.5, 0.6) is 0 Å². The molecule has 0 spiro atoms. The molecule has 0 radical (unpaired) electrons. The van der Waals surface area contributed by atoms with Gasteiger partial charge in [-0.2, -0.15) is 5.10 Å². The zero-order chi connectivity index (χ0) is 11.0. The van der Waals surface area contributed by atoms with Gasteiger partial charge in [-0.1, -0.05) is 12.8 Å². The number of aromatic nitrogens is 2. The minimum Gasteiger partial charge on any atom is -0.312 e. The van der Waals surface area contributed by atoms with Crippen molar-refractivity contribution in [3.63, 3.8) is 0 Å². The van der Waals surface area contributed by atoms with Gasteiger partial charge in [0.05, 0.1) is 12.2 Å². The molecule has 4 heteroatoms. The molecule has 1 N–H and O–H groups in total. The summed E-state index contributed by atoms with van der Waals surface area (Å²) in [7, 11) is 0. The molecule has 2 aliphatic rings. The van der Waals surface area contributed by atoms with Crippen LogP contribution in [0, 0.1) is 0 Å². The highest BCUT2D eigenvalue weighted by Gasteiger charge is 2.22. The summed E-state index contributed by atoms with van der Waals surface area (Å²) in [6, 6.07) is 0.347. The van der Waals surface area contributed by atoms with Crippen molar-refractivity contribution in [2.45, 2.75) is 44.7 Å². The summed E-state index contributed by atoms with van der Waals surface area (Å²) < 4.78 is 1.72. The molecule has 0 saturated heterocycles. The van der Waals surface area contributed by atoms with Gasteiger partial charge >= 0.3 is 0 Å². The second-order valence-electron chi connectivity index (χ2n) is 4.76. The first-order valence-corrected chi connectivity index (χ1v) is 6.16. The van der Waals surface area contributed by atoms with Crippen molar-refractivity contribution in [2.24, 2.45) is 0 Å². The Morgan fingerprint density at radius 1 is 1.38 bits per heavy atom. The number of rotatable bonds is 1. The van der Waals surface area contributed by atoms with Crippen LogP contribution in [0.2, 0.25) is 0 Å². The van der Waals surface area contributed by atoms with Crippen LogP contribution in [0.3, 0.4) is 0 Å². The van der Waals surface area contributed by atoms with E-state index in [1.165, 1.54) is 12.8 Å². The quantitative estimate of drug-likeness (QED) is 0.766. The molecule has 1 saturated carbocycles. The van der Waals surface area contributed by atoms with Crippen molar-refractivity contribution >= 4 is 0 Å². The SMILES string of the molecule is O=c1c2c(cnn1C1CCCC1)CCNC2. The lowest BCUT2D eigenvalue weighted by molar-refractivity contribution is 0.434. The van der Waals surface area contributed by atoms with Crippen LogP contribution >= 0.6 is 0 Å². The molecule has 3 rings (SSSR count). The van der Waals surface area contributed by atoms with Crippen molar-refractivity contribution in [1.29, 1.82) is 0 Å². The lowest BCUT2D eigenvalue weighted by atomic mass is 10.1. The molecule has 1 aliphatic heterocycles. The smallest absolute Gasteiger partial charge is 0.271 e. The Labute approximate surface area is 94.7 Å². The second kappa shape index (κ2) is 4.01. The molecule has 0 amide bonds. The Morgan fingerprint density at radius 2 is 2.19 bits per heavy atom. The predicted molar refractivity (Wildman–Crippen MR) is 61.4 cm³/mol. The molecule has 0 bridgehead atoms. The third-order valence-corrected chi connectivity index (χ3v) is 3.74. The molecular weight excluding hydrogens is 202 g/mol. The molecule has 0 aromatic carbocycles. The number of hydrogen-bond donors (Lipinski definition) is 1. The van der Waals surface area contributed by atoms with E-state index in [9.17, 15) is 4.79 Å². The van der Waals surface area contributed by atoms with E-state index in [1.807, 2.05) is 6.20 Å². The number of hydrogen-bond acceptors (Lipinski definition) is 3. The van der Waals surface area contributed by atoms with Gasteiger partial charge in [0.1, 0.15) is 0 Å². The summed E-state index contributed by atoms with van der Waals surface area (Å²) in [5.41, 5.74) is 2.21. The highest BCUT2D eigenvalue weighted by atomic mass is 16.1. The first-order valence-electron chi connectivity index (χ1n) is 6.16. The molecule has 1 fully saturated rings. The molecule has 1 aromatic rings. The summed E-state index contributed by atoms with van der Waals surface area (Å²) in [6.07, 6.45) is 7.51. The van der Waals surface area contributed by atoms with Crippen LogP contribution < -0.4 is 10.9 Å². The molecule has 2 heterocycles. The van der Waals surface area contributed by atoms with Gasteiger partial charge < -0.3 is 5.32 Å². The van der Waals surface area contributed by atoms with Gasteiger partial charge in [0.2, 0.25) is 0 Å². The lowest BCUT2D eigenvalue weighted by Gasteiger charge is -2.19. The fraction of sp³-hybridized carbons (Fsp3) is 0.667. The zero-order valence-corrected chi connectivity index (χ0v) is 9.41. The Kier molecular flexibility index (Phi) is 2.52. The molecular formula is C12H17N3O. The fourth-order valence-electron chi connectivity index (χ4n) is 2.79. The summed E-state index contributed by atoms with van der Waals surface area (Å²) in [5, 5.41) is 7.61. The highest BCUT2D eigenvalue weighted by Crippen LogP contribution is 2.27. The molecule has 1 aliphatic carbocycles. The molecule has 1 aromatic heterocycles. The average molecular weight is 219 g/mol. The van der Waals surface area contributed by atoms with Gasteiger partial charge in [0.25, 0.3) is 5.56 Å². The first kappa shape index (κ1) is 10.0. The Balaban J connectivity index is 2.03. The molecule has 0 unspecified atom stereocenters. The Bertz CT molecular complexity index is 446. The van der Waals surface area contributed by atoms with Crippen LogP contribution in [0.15, 0.2) is 11.0 Å². The zero-order valence-electron chi connectivity index (χ0n) is 9.41. The molecule has 4 nitrogen and oxygen atoms in total. The van der Waals surface area contributed by atoms with Crippen LogP contribution in [0.25, 0.3) is 0 Å². The summed E-state index contributed by atoms with van der Waals surface area (Å²) in [4.78, 5) is 12.3. The molecule has 16 heavy (non-hydrogen) atoms. The van der Waals surface area contributed by atoms with Gasteiger partial charge in [-0.25, -0.2) is 4.68 Å². The van der Waals surface area contributed by atoms with Gasteiger partial charge in [0.15, 0.2) is 0 Å². The number of fused-ring (bicyclic) bond motifs is 1. The van der Waals surface area contributed by atoms with Crippen LogP contribution in [0.4, 0.5) is 0 Å². The Morgan fingerprint density at radius 3 is 3.00 bits per heavy atom. The molecule has 86 valence electrons. The lowest BCUT2D eigenvalue weighted by Crippen LogP contribution is -2.36. The van der Waals surface area contributed by atoms with Gasteiger partial charge in [-0.05, 0) is 31.4 Å². The van der Waals surface area contributed by atoms with Crippen LogP contribution in [0.1, 0.15) is 42.9 Å². The number of nitrogens with one attached hydrogen (secondary N) is 1. The first-order chi connectivity index (χ1) is 7.86. The van der Waals surface area contributed by atoms with E-state index in [0.29, 0.717) is 12.6 Å². The minimum absolute atomic E-state index is 0.136. The summed E-state index contributed by atoms with van der Waals surface area (Å²) >= 11 is 0. The Hall–Kier alpha value is -1.16. The van der Waals surface area contributed by atoms with Gasteiger partial charge in [0, 0.05) is 12.1 Å². The maximum atomic E-state index is 12.3. The molecule has 0 atom stereocenters. The van der Waals surface area contributed by atoms with Crippen molar-refractivity contribution in [3.05, 3.63) is 27.7 Å². The average Bonchev–Trinajstić information content (AvgIpc) is 2.83. The fourth-order valence-corrected chi connectivity index (χ4v) is 2.79. The standard InChI is InChI=1S/C12H17N3O/c16-12-11-8-13-6-5-9(11)7-14-15(12)10-3-1-2-4-10/h7,10,13H,1-6,8H2. The van der Waals surface area contributed by atoms with Crippen molar-refractivity contribution in [2.75, 3.05) is 6.54 Å². The highest BCUT2D eigenvalue weighted by molar-refractivity contribution is 5.23. The van der Waals surface area contributed by atoms with Crippen molar-refractivity contribution in [1.82, 2.24) is 15.1 Å².